The Bertz CT molecular complexity index is 1150. The first-order valence-electron chi connectivity index (χ1n) is 11.0. The molecule has 0 amide bonds. The Hall–Kier alpha value is -2.68. The summed E-state index contributed by atoms with van der Waals surface area (Å²) in [7, 11) is 1.81. The van der Waals surface area contributed by atoms with Crippen molar-refractivity contribution >= 4 is 24.0 Å². The zero-order chi connectivity index (χ0) is 21.6. The zero-order valence-electron chi connectivity index (χ0n) is 18.8. The fraction of sp³-hybridized carbons (Fsp3) is 0.423. The molecule has 0 unspecified atom stereocenters. The van der Waals surface area contributed by atoms with Crippen molar-refractivity contribution < 1.29 is 4.74 Å². The minimum absolute atomic E-state index is 0. The molecule has 5 nitrogen and oxygen atoms in total. The van der Waals surface area contributed by atoms with Crippen LogP contribution in [0.15, 0.2) is 46.6 Å². The number of benzene rings is 1. The average molecular weight is 449 g/mol. The second kappa shape index (κ2) is 8.35. The molecule has 166 valence electrons. The van der Waals surface area contributed by atoms with Crippen LogP contribution in [0.25, 0.3) is 11.1 Å². The van der Waals surface area contributed by atoms with Crippen LogP contribution in [0.1, 0.15) is 56.2 Å². The molecule has 32 heavy (non-hydrogen) atoms. The van der Waals surface area contributed by atoms with E-state index < -0.39 is 5.66 Å². The molecule has 1 aromatic heterocycles. The van der Waals surface area contributed by atoms with Gasteiger partial charge in [0.1, 0.15) is 5.84 Å². The second-order valence-corrected chi connectivity index (χ2v) is 8.97. The third kappa shape index (κ3) is 3.34. The number of amidine groups is 1. The van der Waals surface area contributed by atoms with E-state index in [-0.39, 0.29) is 17.8 Å². The van der Waals surface area contributed by atoms with Crippen LogP contribution in [0.3, 0.4) is 0 Å². The minimum atomic E-state index is -0.626. The second-order valence-electron chi connectivity index (χ2n) is 8.97. The third-order valence-corrected chi connectivity index (χ3v) is 7.30. The average Bonchev–Trinajstić information content (AvgIpc) is 3.22. The molecular formula is C26H29ClN4O. The molecule has 1 aromatic carbocycles. The Labute approximate surface area is 196 Å². The van der Waals surface area contributed by atoms with Gasteiger partial charge in [0.05, 0.1) is 11.8 Å². The number of pyridine rings is 1. The van der Waals surface area contributed by atoms with E-state index >= 15 is 0 Å². The summed E-state index contributed by atoms with van der Waals surface area (Å²) < 4.78 is 5.66. The summed E-state index contributed by atoms with van der Waals surface area (Å²) in [5, 5.41) is 0. The lowest BCUT2D eigenvalue weighted by atomic mass is 9.65. The first-order valence-corrected chi connectivity index (χ1v) is 11.0. The molecule has 0 saturated heterocycles. The summed E-state index contributed by atoms with van der Waals surface area (Å²) in [5.74, 6) is 6.62. The Morgan fingerprint density at radius 1 is 1.09 bits per heavy atom. The lowest BCUT2D eigenvalue weighted by molar-refractivity contribution is -0.000372. The smallest absolute Gasteiger partial charge is 0.184 e. The SMILES string of the molecule is CC#Cc1cncc(-c2ccc3c(c2)[C@@]2(N=C(C)C(N)=N2)C2(CCC(OC)CC2)C3)c1.Cl. The zero-order valence-corrected chi connectivity index (χ0v) is 19.6. The fourth-order valence-electron chi connectivity index (χ4n) is 5.66. The van der Waals surface area contributed by atoms with Crippen molar-refractivity contribution in [2.45, 2.75) is 57.7 Å². The van der Waals surface area contributed by atoms with Crippen LogP contribution < -0.4 is 5.73 Å². The number of methoxy groups -OCH3 is 1. The molecule has 1 fully saturated rings. The van der Waals surface area contributed by atoms with E-state index in [1.165, 1.54) is 11.1 Å². The van der Waals surface area contributed by atoms with Crippen molar-refractivity contribution in [1.29, 1.82) is 0 Å². The maximum atomic E-state index is 6.31. The van der Waals surface area contributed by atoms with Crippen molar-refractivity contribution in [3.63, 3.8) is 0 Å². The number of aliphatic imine (C=N–C) groups is 2. The van der Waals surface area contributed by atoms with Gasteiger partial charge in [-0.1, -0.05) is 18.1 Å². The van der Waals surface area contributed by atoms with Crippen molar-refractivity contribution in [1.82, 2.24) is 4.98 Å². The van der Waals surface area contributed by atoms with Crippen molar-refractivity contribution in [2.24, 2.45) is 21.1 Å². The molecule has 1 saturated carbocycles. The quantitative estimate of drug-likeness (QED) is 0.679. The minimum Gasteiger partial charge on any atom is -0.382 e. The van der Waals surface area contributed by atoms with Crippen LogP contribution in [-0.2, 0) is 16.8 Å². The molecule has 0 bridgehead atoms. The highest BCUT2D eigenvalue weighted by atomic mass is 35.5. The molecular weight excluding hydrogens is 420 g/mol. The largest absolute Gasteiger partial charge is 0.382 e. The summed E-state index contributed by atoms with van der Waals surface area (Å²) in [6.45, 7) is 3.81. The molecule has 5 rings (SSSR count). The molecule has 2 aromatic rings. The predicted molar refractivity (Wildman–Crippen MR) is 131 cm³/mol. The maximum Gasteiger partial charge on any atom is 0.184 e. The summed E-state index contributed by atoms with van der Waals surface area (Å²) >= 11 is 0. The number of ether oxygens (including phenoxy) is 1. The van der Waals surface area contributed by atoms with Crippen LogP contribution in [0.2, 0.25) is 0 Å². The fourth-order valence-corrected chi connectivity index (χ4v) is 5.66. The number of halogens is 1. The Kier molecular flexibility index (Phi) is 5.87. The van der Waals surface area contributed by atoms with E-state index in [9.17, 15) is 0 Å². The highest BCUT2D eigenvalue weighted by Crippen LogP contribution is 2.62. The molecule has 2 spiro atoms. The molecule has 2 N–H and O–H groups in total. The van der Waals surface area contributed by atoms with Gasteiger partial charge >= 0.3 is 0 Å². The van der Waals surface area contributed by atoms with Gasteiger partial charge in [0.25, 0.3) is 0 Å². The van der Waals surface area contributed by atoms with E-state index in [1.807, 2.05) is 27.2 Å². The lowest BCUT2D eigenvalue weighted by Crippen LogP contribution is -2.43. The summed E-state index contributed by atoms with van der Waals surface area (Å²) in [6.07, 6.45) is 9.13. The number of aromatic nitrogens is 1. The molecule has 6 heteroatoms. The van der Waals surface area contributed by atoms with Gasteiger partial charge in [-0.3, -0.25) is 9.98 Å². The van der Waals surface area contributed by atoms with Gasteiger partial charge in [-0.15, -0.1) is 18.3 Å². The molecule has 2 heterocycles. The van der Waals surface area contributed by atoms with E-state index in [0.717, 1.165) is 54.5 Å². The van der Waals surface area contributed by atoms with Crippen LogP contribution in [0.4, 0.5) is 0 Å². The van der Waals surface area contributed by atoms with Gasteiger partial charge in [0.15, 0.2) is 5.66 Å². The van der Waals surface area contributed by atoms with Crippen molar-refractivity contribution in [3.8, 4) is 23.0 Å². The Morgan fingerprint density at radius 3 is 2.53 bits per heavy atom. The predicted octanol–water partition coefficient (Wildman–Crippen LogP) is 4.66. The van der Waals surface area contributed by atoms with E-state index in [0.29, 0.717) is 11.9 Å². The van der Waals surface area contributed by atoms with Crippen molar-refractivity contribution in [3.05, 3.63) is 53.3 Å². The molecule has 1 aliphatic heterocycles. The van der Waals surface area contributed by atoms with Gasteiger partial charge in [0.2, 0.25) is 0 Å². The summed E-state index contributed by atoms with van der Waals surface area (Å²) in [6, 6.07) is 8.78. The summed E-state index contributed by atoms with van der Waals surface area (Å²) in [5.41, 5.74) is 12.1. The van der Waals surface area contributed by atoms with Gasteiger partial charge in [0, 0.05) is 41.6 Å². The topological polar surface area (TPSA) is 72.9 Å². The molecule has 3 aliphatic rings. The van der Waals surface area contributed by atoms with E-state index in [2.05, 4.69) is 41.1 Å². The van der Waals surface area contributed by atoms with Gasteiger partial charge in [-0.2, -0.15) is 0 Å². The number of fused-ring (bicyclic) bond motifs is 3. The molecule has 2 aliphatic carbocycles. The van der Waals surface area contributed by atoms with Crippen molar-refractivity contribution in [2.75, 3.05) is 7.11 Å². The molecule has 0 radical (unpaired) electrons. The maximum absolute atomic E-state index is 6.31. The van der Waals surface area contributed by atoms with Gasteiger partial charge in [-0.25, -0.2) is 4.99 Å². The Morgan fingerprint density at radius 2 is 1.88 bits per heavy atom. The highest BCUT2D eigenvalue weighted by molar-refractivity contribution is 6.41. The standard InChI is InChI=1S/C26H28N4O.ClH/c1-4-5-18-12-21(16-28-15-18)19-6-7-20-14-25(10-8-22(31-3)9-11-25)26(23(20)13-19)29-17(2)24(27)30-26;/h6-7,12-13,15-16,22H,8-11,14H2,1-3H3,(H2,27,30);1H/t22?,25?,26-;/m0./s1. The number of hydrogen-bond acceptors (Lipinski definition) is 5. The van der Waals surface area contributed by atoms with Gasteiger partial charge in [-0.05, 0) is 69.2 Å². The molecule has 1 atom stereocenters. The number of nitrogens with zero attached hydrogens (tertiary/aromatic N) is 3. The van der Waals surface area contributed by atoms with Gasteiger partial charge < -0.3 is 10.5 Å². The summed E-state index contributed by atoms with van der Waals surface area (Å²) in [4.78, 5) is 14.6. The monoisotopic (exact) mass is 448 g/mol. The Balaban J connectivity index is 0.00000245. The highest BCUT2D eigenvalue weighted by Gasteiger charge is 2.60. The van der Waals surface area contributed by atoms with Crippen LogP contribution in [0.5, 0.6) is 0 Å². The first kappa shape index (κ1) is 22.5. The van der Waals surface area contributed by atoms with E-state index in [1.54, 1.807) is 6.20 Å². The lowest BCUT2D eigenvalue weighted by Gasteiger charge is -2.44. The normalized spacial score (nSPS) is 27.9. The third-order valence-electron chi connectivity index (χ3n) is 7.30. The number of nitrogens with two attached hydrogens (primary N) is 1. The van der Waals surface area contributed by atoms with Crippen LogP contribution >= 0.6 is 12.4 Å². The van der Waals surface area contributed by atoms with Crippen LogP contribution in [0, 0.1) is 17.3 Å². The van der Waals surface area contributed by atoms with Crippen LogP contribution in [-0.4, -0.2) is 29.7 Å². The first-order chi connectivity index (χ1) is 15.0. The van der Waals surface area contributed by atoms with E-state index in [4.69, 9.17) is 20.5 Å². The number of rotatable bonds is 2. The number of hydrogen-bond donors (Lipinski definition) is 1.